The van der Waals surface area contributed by atoms with Crippen LogP contribution in [-0.4, -0.2) is 67.9 Å². The van der Waals surface area contributed by atoms with E-state index in [1.54, 1.807) is 96.9 Å². The number of halogens is 33. The molecule has 8 atom stereocenters. The molecule has 0 radical (unpaired) electrons. The molecule has 0 saturated carbocycles. The first-order valence-electron chi connectivity index (χ1n) is 53.8. The van der Waals surface area contributed by atoms with Crippen LogP contribution in [0.25, 0.3) is 0 Å². The van der Waals surface area contributed by atoms with E-state index < -0.39 is 138 Å². The second-order valence-corrected chi connectivity index (χ2v) is 46.4. The van der Waals surface area contributed by atoms with Crippen molar-refractivity contribution in [2.45, 2.75) is 581 Å². The zero-order valence-corrected chi connectivity index (χ0v) is 99.5. The van der Waals surface area contributed by atoms with Gasteiger partial charge in [-0.2, -0.15) is 145 Å². The summed E-state index contributed by atoms with van der Waals surface area (Å²) in [6, 6.07) is 0. The largest absolute Gasteiger partial charge is 0.394 e. The average molecular weight is 2190 g/mol. The first-order chi connectivity index (χ1) is 64.1. The Morgan fingerprint density at radius 2 is 0.352 bits per heavy atom. The average Bonchev–Trinajstić information content (AvgIpc) is 0.760. The summed E-state index contributed by atoms with van der Waals surface area (Å²) in [6.07, 6.45) is -34.2. The third kappa shape index (κ3) is 48.1. The monoisotopic (exact) mass is 2190 g/mol. The molecule has 0 aliphatic rings. The summed E-state index contributed by atoms with van der Waals surface area (Å²) in [6.45, 7) is 81.9. The number of alkyl halides is 33. The summed E-state index contributed by atoms with van der Waals surface area (Å²) in [5, 5.41) is 0. The van der Waals surface area contributed by atoms with Crippen LogP contribution in [0.1, 0.15) is 513 Å². The standard InChI is InChI=1S/C13H25F3.2C12H23F3.3C11H21F3.C10H19F3.C9H17F3.2C8H15F3.C7H13F3/c1-7-8-12(6,13(14,15)16)11(9(2)3)10(4)5;1-7-11(6,12(13,14)15)10(8(2)3)9(4)5;1-6-9-11(5,12(13,14)15)10(4,7-2)8-3;1-7(2)9(8(3)4)10(5,6)11(12,13)14;1-6-9(4,7-2)10(5,8-3)11(12,13)14;1-5-8-10(4,11(12,13)14)9(6-2)7-3;1-5-8(6-2)9(4,7-3)10(11,12)13;1-4-6-8(3,7-5-2)9(10,11)12;1-5-7(4,6(2)3)8(9,10)11;1-4-6-7(3,5-2)8(9,10)11;1-4-6(3,5-2)7(8,9)10/h9-11H,7-8H2,1-6H3;8-10H,7H2,1-6H3;6-9H2,1-5H3;7-9H,1-6H3;6-8H2,1-5H3;9H,5-8H2,1-4H3;8H,5-7H2,1-4H3;4-7H2,1-3H3;6H,5H2,1-4H3;4-6H2,1-3H3;4-5H2,1-3H3/t12-;2*11-;;2*10-;9-;;2*7-;/m000.000.00./s1. The Morgan fingerprint density at radius 3 is 0.462 bits per heavy atom. The Bertz CT molecular complexity index is 3120. The maximum Gasteiger partial charge on any atom is 0.394 e. The first kappa shape index (κ1) is 165. The Balaban J connectivity index is -0.000000152. The normalized spacial score (nSPS) is 16.8. The molecule has 0 aromatic rings. The molecule has 0 aliphatic heterocycles. The van der Waals surface area contributed by atoms with Gasteiger partial charge in [0.1, 0.15) is 0 Å². The SMILES string of the molecule is CC(C)C(C(C)C)C(C)(C)C(F)(F)F.CCC(C)(CC)C(F)(F)F.CCC(C)(CC)[C@](C)(CC)C(F)(F)F.CCC(CC)[C@](C)(CC)C(F)(F)F.CCCC(C)(CCC)C(F)(F)F.CCC[C@@](C)(C(C(C)C)C(C)C)C(F)(F)F.CCC[C@@](C)(C(CC)CC)C(F)(F)F.CCC[C@](C)(C(F)(F)F)C(C)(CC)CC.CCC[C@](C)(CC)C(F)(F)F.CC[C@@](C)(C(C(C)C)C(C)C)C(F)(F)F.CC[C@@](C)(C(C)C)C(F)(F)F. The Labute approximate surface area is 863 Å². The third-order valence-corrected chi connectivity index (χ3v) is 34.7. The highest BCUT2D eigenvalue weighted by molar-refractivity contribution is 4.99. The molecule has 0 bridgehead atoms. The number of rotatable bonds is 41. The summed E-state index contributed by atoms with van der Waals surface area (Å²) in [5.41, 5.74) is -18.1. The van der Waals surface area contributed by atoms with Crippen molar-refractivity contribution in [3.05, 3.63) is 0 Å². The molecule has 0 amide bonds. The summed E-state index contributed by atoms with van der Waals surface area (Å²) in [5.74, 6) is -1.51. The van der Waals surface area contributed by atoms with Crippen LogP contribution in [0, 0.1) is 141 Å². The lowest BCUT2D eigenvalue weighted by Gasteiger charge is -2.47. The second-order valence-electron chi connectivity index (χ2n) is 46.4. The molecule has 145 heavy (non-hydrogen) atoms. The molecule has 33 heteroatoms. The van der Waals surface area contributed by atoms with E-state index in [1.165, 1.54) is 83.1 Å². The highest BCUT2D eigenvalue weighted by Crippen LogP contribution is 2.61. The van der Waals surface area contributed by atoms with Crippen LogP contribution in [0.15, 0.2) is 0 Å². The molecule has 0 heterocycles. The van der Waals surface area contributed by atoms with Crippen LogP contribution in [-0.2, 0) is 0 Å². The van der Waals surface area contributed by atoms with Gasteiger partial charge in [0, 0.05) is 0 Å². The highest BCUT2D eigenvalue weighted by atomic mass is 19.5. The molecular weight excluding hydrogens is 1970 g/mol. The molecule has 0 aromatic heterocycles. The van der Waals surface area contributed by atoms with Gasteiger partial charge in [0.2, 0.25) is 0 Å². The predicted molar refractivity (Wildman–Crippen MR) is 543 cm³/mol. The predicted octanol–water partition coefficient (Wildman–Crippen LogP) is 48.8. The Morgan fingerprint density at radius 1 is 0.152 bits per heavy atom. The van der Waals surface area contributed by atoms with E-state index >= 15 is 0 Å². The van der Waals surface area contributed by atoms with Crippen LogP contribution >= 0.6 is 0 Å². The number of hydrogen-bond acceptors (Lipinski definition) is 0. The van der Waals surface area contributed by atoms with Gasteiger partial charge >= 0.3 is 67.9 Å². The van der Waals surface area contributed by atoms with Gasteiger partial charge in [0.25, 0.3) is 0 Å². The molecule has 0 aliphatic carbocycles. The molecule has 0 N–H and O–H groups in total. The lowest BCUT2D eigenvalue weighted by molar-refractivity contribution is -0.261. The fraction of sp³-hybridized carbons (Fsp3) is 1.00. The van der Waals surface area contributed by atoms with E-state index in [0.29, 0.717) is 89.9 Å². The van der Waals surface area contributed by atoms with Crippen molar-refractivity contribution < 1.29 is 145 Å². The minimum absolute atomic E-state index is 0.0478. The minimum atomic E-state index is -4.12. The lowest BCUT2D eigenvalue weighted by Crippen LogP contribution is -2.48. The van der Waals surface area contributed by atoms with Crippen molar-refractivity contribution in [3.63, 3.8) is 0 Å². The van der Waals surface area contributed by atoms with Crippen LogP contribution in [0.5, 0.6) is 0 Å². The van der Waals surface area contributed by atoms with E-state index in [2.05, 4.69) is 0 Å². The summed E-state index contributed by atoms with van der Waals surface area (Å²) in [4.78, 5) is 0. The molecule has 0 rings (SSSR count). The molecule has 0 saturated heterocycles. The molecular formula is C112H213F33. The van der Waals surface area contributed by atoms with Crippen LogP contribution in [0.2, 0.25) is 0 Å². The molecule has 0 fully saturated rings. The Kier molecular flexibility index (Phi) is 76.3. The van der Waals surface area contributed by atoms with Crippen molar-refractivity contribution in [3.8, 4) is 0 Å². The zero-order valence-electron chi connectivity index (χ0n) is 99.5. The van der Waals surface area contributed by atoms with Gasteiger partial charge in [-0.15, -0.1) is 0 Å². The van der Waals surface area contributed by atoms with Crippen molar-refractivity contribution in [1.29, 1.82) is 0 Å². The maximum atomic E-state index is 13.3. The fourth-order valence-corrected chi connectivity index (χ4v) is 21.4. The van der Waals surface area contributed by atoms with Gasteiger partial charge in [-0.05, 0) is 191 Å². The zero-order chi connectivity index (χ0) is 120. The van der Waals surface area contributed by atoms with E-state index in [9.17, 15) is 145 Å². The lowest BCUT2D eigenvalue weighted by atomic mass is 9.60. The maximum absolute atomic E-state index is 13.3. The minimum Gasteiger partial charge on any atom is -0.171 e. The molecule has 0 nitrogen and oxygen atoms in total. The van der Waals surface area contributed by atoms with Crippen molar-refractivity contribution in [1.82, 2.24) is 0 Å². The van der Waals surface area contributed by atoms with E-state index in [0.717, 1.165) is 0 Å². The molecule has 0 unspecified atom stereocenters. The van der Waals surface area contributed by atoms with E-state index in [-0.39, 0.29) is 154 Å². The van der Waals surface area contributed by atoms with Gasteiger partial charge < -0.3 is 0 Å². The molecule has 0 spiro atoms. The third-order valence-electron chi connectivity index (χ3n) is 34.7. The van der Waals surface area contributed by atoms with Gasteiger partial charge in [-0.1, -0.05) is 403 Å². The smallest absolute Gasteiger partial charge is 0.171 e. The highest BCUT2D eigenvalue weighted by Gasteiger charge is 2.64. The van der Waals surface area contributed by atoms with E-state index in [1.807, 2.05) is 159 Å². The van der Waals surface area contributed by atoms with Gasteiger partial charge in [-0.3, -0.25) is 0 Å². The van der Waals surface area contributed by atoms with Gasteiger partial charge in [0.15, 0.2) is 0 Å². The van der Waals surface area contributed by atoms with Crippen LogP contribution in [0.4, 0.5) is 145 Å². The van der Waals surface area contributed by atoms with Crippen molar-refractivity contribution in [2.24, 2.45) is 141 Å². The number of hydrogen-bond donors (Lipinski definition) is 0. The van der Waals surface area contributed by atoms with Gasteiger partial charge in [-0.25, -0.2) is 0 Å². The van der Waals surface area contributed by atoms with Crippen LogP contribution < -0.4 is 0 Å². The molecule has 892 valence electrons. The summed E-state index contributed by atoms with van der Waals surface area (Å²) < 4.78 is 420. The summed E-state index contributed by atoms with van der Waals surface area (Å²) in [7, 11) is 0. The van der Waals surface area contributed by atoms with Crippen molar-refractivity contribution in [2.75, 3.05) is 0 Å². The van der Waals surface area contributed by atoms with Crippen LogP contribution in [0.3, 0.4) is 0 Å². The van der Waals surface area contributed by atoms with Crippen molar-refractivity contribution >= 4 is 0 Å². The quantitative estimate of drug-likeness (QED) is 0.0535. The topological polar surface area (TPSA) is 0 Å². The first-order valence-corrected chi connectivity index (χ1v) is 53.8. The van der Waals surface area contributed by atoms with E-state index in [4.69, 9.17) is 0 Å². The Hall–Kier alpha value is -2.31. The molecule has 0 aromatic carbocycles. The van der Waals surface area contributed by atoms with Gasteiger partial charge in [0.05, 0.1) is 59.6 Å². The second kappa shape index (κ2) is 66.9. The summed E-state index contributed by atoms with van der Waals surface area (Å²) >= 11 is 0. The fourth-order valence-electron chi connectivity index (χ4n) is 21.4.